The monoisotopic (exact) mass is 505 g/mol. The molecule has 0 unspecified atom stereocenters. The minimum Gasteiger partial charge on any atom is -0.311 e. The Labute approximate surface area is 233 Å². The average Bonchev–Trinajstić information content (AvgIpc) is 2.92. The van der Waals surface area contributed by atoms with E-state index in [0.29, 0.717) is 0 Å². The Bertz CT molecular complexity index is 1460. The van der Waals surface area contributed by atoms with Crippen molar-refractivity contribution < 1.29 is 0 Å². The lowest BCUT2D eigenvalue weighted by atomic mass is 10.1. The van der Waals surface area contributed by atoms with Crippen LogP contribution in [0.15, 0.2) is 115 Å². The van der Waals surface area contributed by atoms with Gasteiger partial charge >= 0.3 is 0 Å². The van der Waals surface area contributed by atoms with Crippen LogP contribution in [0.25, 0.3) is 24.3 Å². The van der Waals surface area contributed by atoms with Crippen LogP contribution in [0.4, 0.5) is 17.1 Å². The highest BCUT2D eigenvalue weighted by Crippen LogP contribution is 2.34. The smallest absolute Gasteiger partial charge is 0.0462 e. The third-order valence-electron chi connectivity index (χ3n) is 6.74. The molecule has 0 aromatic heterocycles. The molecule has 0 spiro atoms. The lowest BCUT2D eigenvalue weighted by Crippen LogP contribution is -2.09. The Kier molecular flexibility index (Phi) is 7.89. The summed E-state index contributed by atoms with van der Waals surface area (Å²) in [6.07, 6.45) is 8.74. The molecule has 0 fully saturated rings. The van der Waals surface area contributed by atoms with Crippen LogP contribution in [0, 0.1) is 27.7 Å². The van der Waals surface area contributed by atoms with E-state index in [1.807, 2.05) is 0 Å². The summed E-state index contributed by atoms with van der Waals surface area (Å²) in [6, 6.07) is 41.4. The van der Waals surface area contributed by atoms with Crippen LogP contribution < -0.4 is 4.90 Å². The van der Waals surface area contributed by atoms with Gasteiger partial charge in [-0.2, -0.15) is 0 Å². The molecule has 39 heavy (non-hydrogen) atoms. The number of aryl methyl sites for hydroxylation is 4. The lowest BCUT2D eigenvalue weighted by molar-refractivity contribution is 1.28. The molecule has 0 saturated heterocycles. The van der Waals surface area contributed by atoms with Gasteiger partial charge in [0.25, 0.3) is 0 Å². The molecule has 5 aromatic rings. The maximum Gasteiger partial charge on any atom is 0.0462 e. The molecule has 0 aliphatic carbocycles. The maximum atomic E-state index is 2.30. The van der Waals surface area contributed by atoms with Gasteiger partial charge in [-0.15, -0.1) is 0 Å². The highest BCUT2D eigenvalue weighted by atomic mass is 15.1. The average molecular weight is 506 g/mol. The normalized spacial score (nSPS) is 11.4. The standard InChI is InChI=1S/C38H35N/c1-28-22-29(2)25-34(24-28)12-10-32-14-18-37(19-15-32)39(36-8-6-5-7-9-36)38-20-16-33(17-21-38)11-13-35-26-30(3)23-31(4)27-35/h5-27H,1-4H3/b12-10+,13-11+. The second-order valence-corrected chi connectivity index (χ2v) is 10.4. The highest BCUT2D eigenvalue weighted by Gasteiger charge is 2.11. The van der Waals surface area contributed by atoms with E-state index in [2.05, 4.69) is 172 Å². The summed E-state index contributed by atoms with van der Waals surface area (Å²) in [5.41, 5.74) is 13.4. The van der Waals surface area contributed by atoms with E-state index in [1.165, 1.54) is 44.5 Å². The van der Waals surface area contributed by atoms with Crippen LogP contribution in [-0.4, -0.2) is 0 Å². The van der Waals surface area contributed by atoms with Crippen LogP contribution in [0.3, 0.4) is 0 Å². The molecule has 0 aliphatic rings. The maximum absolute atomic E-state index is 2.30. The zero-order chi connectivity index (χ0) is 27.2. The molecule has 5 aromatic carbocycles. The number of hydrogen-bond acceptors (Lipinski definition) is 1. The number of hydrogen-bond donors (Lipinski definition) is 0. The van der Waals surface area contributed by atoms with Crippen LogP contribution in [-0.2, 0) is 0 Å². The molecule has 192 valence electrons. The van der Waals surface area contributed by atoms with E-state index in [9.17, 15) is 0 Å². The van der Waals surface area contributed by atoms with Crippen molar-refractivity contribution >= 4 is 41.4 Å². The zero-order valence-corrected chi connectivity index (χ0v) is 23.2. The van der Waals surface area contributed by atoms with Crippen molar-refractivity contribution in [1.29, 1.82) is 0 Å². The topological polar surface area (TPSA) is 3.24 Å². The van der Waals surface area contributed by atoms with Crippen molar-refractivity contribution in [2.75, 3.05) is 4.90 Å². The molecule has 0 aliphatic heterocycles. The van der Waals surface area contributed by atoms with Gasteiger partial charge in [-0.3, -0.25) is 0 Å². The fourth-order valence-electron chi connectivity index (χ4n) is 5.09. The summed E-state index contributed by atoms with van der Waals surface area (Å²) in [5.74, 6) is 0. The van der Waals surface area contributed by atoms with Gasteiger partial charge in [0.15, 0.2) is 0 Å². The van der Waals surface area contributed by atoms with Crippen molar-refractivity contribution in [3.8, 4) is 0 Å². The molecule has 0 radical (unpaired) electrons. The first-order chi connectivity index (χ1) is 18.9. The number of benzene rings is 5. The molecule has 0 bridgehead atoms. The molecule has 0 atom stereocenters. The predicted molar refractivity (Wildman–Crippen MR) is 171 cm³/mol. The Balaban J connectivity index is 1.40. The molecular formula is C38H35N. The second-order valence-electron chi connectivity index (χ2n) is 10.4. The highest BCUT2D eigenvalue weighted by molar-refractivity contribution is 5.79. The summed E-state index contributed by atoms with van der Waals surface area (Å²) in [4.78, 5) is 2.30. The zero-order valence-electron chi connectivity index (χ0n) is 23.2. The fourth-order valence-corrected chi connectivity index (χ4v) is 5.09. The summed E-state index contributed by atoms with van der Waals surface area (Å²) < 4.78 is 0. The number of para-hydroxylation sites is 1. The van der Waals surface area contributed by atoms with E-state index < -0.39 is 0 Å². The second kappa shape index (κ2) is 11.8. The van der Waals surface area contributed by atoms with E-state index in [1.54, 1.807) is 0 Å². The molecule has 0 N–H and O–H groups in total. The first-order valence-electron chi connectivity index (χ1n) is 13.5. The lowest BCUT2D eigenvalue weighted by Gasteiger charge is -2.25. The van der Waals surface area contributed by atoms with Gasteiger partial charge in [-0.1, -0.05) is 125 Å². The number of rotatable bonds is 7. The molecule has 0 heterocycles. The Morgan fingerprint density at radius 1 is 0.359 bits per heavy atom. The Morgan fingerprint density at radius 3 is 1.08 bits per heavy atom. The van der Waals surface area contributed by atoms with E-state index in [4.69, 9.17) is 0 Å². The van der Waals surface area contributed by atoms with Gasteiger partial charge in [0.1, 0.15) is 0 Å². The summed E-state index contributed by atoms with van der Waals surface area (Å²) in [5, 5.41) is 0. The van der Waals surface area contributed by atoms with Gasteiger partial charge in [-0.25, -0.2) is 0 Å². The third kappa shape index (κ3) is 6.83. The number of nitrogens with zero attached hydrogens (tertiary/aromatic N) is 1. The number of anilines is 3. The third-order valence-corrected chi connectivity index (χ3v) is 6.74. The largest absolute Gasteiger partial charge is 0.311 e. The SMILES string of the molecule is Cc1cc(C)cc(/C=C/c2ccc(N(c3ccccc3)c3ccc(/C=C/c4cc(C)cc(C)c4)cc3)cc2)c1. The first kappa shape index (κ1) is 26.0. The Hall–Kier alpha value is -4.62. The van der Waals surface area contributed by atoms with Gasteiger partial charge in [0, 0.05) is 17.1 Å². The van der Waals surface area contributed by atoms with E-state index in [-0.39, 0.29) is 0 Å². The summed E-state index contributed by atoms with van der Waals surface area (Å²) in [7, 11) is 0. The quantitative estimate of drug-likeness (QED) is 0.199. The van der Waals surface area contributed by atoms with Gasteiger partial charge in [0.2, 0.25) is 0 Å². The van der Waals surface area contributed by atoms with Crippen LogP contribution in [0.2, 0.25) is 0 Å². The summed E-state index contributed by atoms with van der Waals surface area (Å²) in [6.45, 7) is 8.58. The van der Waals surface area contributed by atoms with E-state index >= 15 is 0 Å². The first-order valence-corrected chi connectivity index (χ1v) is 13.5. The Morgan fingerprint density at radius 2 is 0.692 bits per heavy atom. The molecule has 0 amide bonds. The molecule has 5 rings (SSSR count). The van der Waals surface area contributed by atoms with Gasteiger partial charge in [-0.05, 0) is 86.3 Å². The van der Waals surface area contributed by atoms with Crippen LogP contribution in [0.5, 0.6) is 0 Å². The van der Waals surface area contributed by atoms with Crippen molar-refractivity contribution in [2.24, 2.45) is 0 Å². The van der Waals surface area contributed by atoms with Crippen LogP contribution in [0.1, 0.15) is 44.5 Å². The molecular weight excluding hydrogens is 470 g/mol. The van der Waals surface area contributed by atoms with Crippen LogP contribution >= 0.6 is 0 Å². The molecule has 1 nitrogen and oxygen atoms in total. The minimum atomic E-state index is 1.13. The van der Waals surface area contributed by atoms with Crippen molar-refractivity contribution in [3.63, 3.8) is 0 Å². The van der Waals surface area contributed by atoms with E-state index in [0.717, 1.165) is 17.1 Å². The van der Waals surface area contributed by atoms with Crippen molar-refractivity contribution in [1.82, 2.24) is 0 Å². The predicted octanol–water partition coefficient (Wildman–Crippen LogP) is 10.7. The van der Waals surface area contributed by atoms with Crippen molar-refractivity contribution in [3.05, 3.63) is 160 Å². The van der Waals surface area contributed by atoms with Crippen molar-refractivity contribution in [2.45, 2.75) is 27.7 Å². The minimum absolute atomic E-state index is 1.13. The molecule has 0 saturated carbocycles. The molecule has 1 heteroatoms. The van der Waals surface area contributed by atoms with Gasteiger partial charge < -0.3 is 4.90 Å². The summed E-state index contributed by atoms with van der Waals surface area (Å²) >= 11 is 0. The van der Waals surface area contributed by atoms with Gasteiger partial charge in [0.05, 0.1) is 0 Å². The fraction of sp³-hybridized carbons (Fsp3) is 0.105.